The molecule has 138 valence electrons. The molecule has 5 nitrogen and oxygen atoms in total. The van der Waals surface area contributed by atoms with Crippen molar-refractivity contribution in [3.05, 3.63) is 46.4 Å². The zero-order chi connectivity index (χ0) is 18.5. The Kier molecular flexibility index (Phi) is 6.12. The number of rotatable bonds is 6. The number of carbonyl (C=O) groups excluding carboxylic acids is 1. The highest BCUT2D eigenvalue weighted by Gasteiger charge is 2.17. The van der Waals surface area contributed by atoms with E-state index in [0.29, 0.717) is 21.5 Å². The van der Waals surface area contributed by atoms with Crippen molar-refractivity contribution in [2.24, 2.45) is 0 Å². The van der Waals surface area contributed by atoms with Crippen molar-refractivity contribution in [2.45, 2.75) is 12.8 Å². The molecule has 1 fully saturated rings. The number of anilines is 3. The standard InChI is InChI=1S/C19H21Cl2N3O2/c1-26-18-7-5-14(21)11-16(18)23-19(25)12-22-15-10-13(20)4-6-17(15)24-8-2-3-9-24/h4-7,10-11,22H,2-3,8-9,12H2,1H3,(H,23,25). The van der Waals surface area contributed by atoms with Crippen LogP contribution in [0.5, 0.6) is 5.75 Å². The SMILES string of the molecule is COc1ccc(Cl)cc1NC(=O)CNc1cc(Cl)ccc1N1CCCC1. The summed E-state index contributed by atoms with van der Waals surface area (Å²) in [6.07, 6.45) is 2.36. The van der Waals surface area contributed by atoms with E-state index in [2.05, 4.69) is 15.5 Å². The van der Waals surface area contributed by atoms with Crippen molar-refractivity contribution >= 4 is 46.2 Å². The molecule has 1 amide bonds. The highest BCUT2D eigenvalue weighted by atomic mass is 35.5. The van der Waals surface area contributed by atoms with Gasteiger partial charge in [0.25, 0.3) is 0 Å². The molecule has 0 unspecified atom stereocenters. The summed E-state index contributed by atoms with van der Waals surface area (Å²) in [4.78, 5) is 14.7. The maximum atomic E-state index is 12.4. The van der Waals surface area contributed by atoms with Gasteiger partial charge in [0, 0.05) is 23.1 Å². The van der Waals surface area contributed by atoms with Crippen LogP contribution in [0.2, 0.25) is 10.0 Å². The molecule has 0 aliphatic carbocycles. The topological polar surface area (TPSA) is 53.6 Å². The monoisotopic (exact) mass is 393 g/mol. The number of methoxy groups -OCH3 is 1. The first-order valence-corrected chi connectivity index (χ1v) is 9.24. The first-order valence-electron chi connectivity index (χ1n) is 8.48. The Hall–Kier alpha value is -2.11. The van der Waals surface area contributed by atoms with Gasteiger partial charge in [-0.15, -0.1) is 0 Å². The summed E-state index contributed by atoms with van der Waals surface area (Å²) < 4.78 is 5.25. The van der Waals surface area contributed by atoms with E-state index in [1.165, 1.54) is 12.8 Å². The van der Waals surface area contributed by atoms with Crippen LogP contribution in [-0.2, 0) is 4.79 Å². The van der Waals surface area contributed by atoms with E-state index in [9.17, 15) is 4.79 Å². The molecule has 1 aliphatic heterocycles. The smallest absolute Gasteiger partial charge is 0.243 e. The average Bonchev–Trinajstić information content (AvgIpc) is 3.14. The number of hydrogen-bond donors (Lipinski definition) is 2. The Morgan fingerprint density at radius 2 is 1.73 bits per heavy atom. The second-order valence-corrected chi connectivity index (χ2v) is 6.97. The molecule has 0 atom stereocenters. The van der Waals surface area contributed by atoms with Gasteiger partial charge >= 0.3 is 0 Å². The molecule has 1 aliphatic rings. The molecule has 1 heterocycles. The fraction of sp³-hybridized carbons (Fsp3) is 0.316. The molecule has 0 saturated carbocycles. The van der Waals surface area contributed by atoms with Crippen LogP contribution in [-0.4, -0.2) is 32.7 Å². The molecule has 0 spiro atoms. The van der Waals surface area contributed by atoms with E-state index in [0.717, 1.165) is 24.5 Å². The molecule has 0 aromatic heterocycles. The lowest BCUT2D eigenvalue weighted by atomic mass is 10.2. The number of nitrogens with zero attached hydrogens (tertiary/aromatic N) is 1. The van der Waals surface area contributed by atoms with Gasteiger partial charge in [-0.3, -0.25) is 4.79 Å². The lowest BCUT2D eigenvalue weighted by Gasteiger charge is -2.22. The number of amides is 1. The third-order valence-corrected chi connectivity index (χ3v) is 4.75. The van der Waals surface area contributed by atoms with Crippen molar-refractivity contribution in [1.29, 1.82) is 0 Å². The molecule has 7 heteroatoms. The number of nitrogens with one attached hydrogen (secondary N) is 2. The van der Waals surface area contributed by atoms with Crippen molar-refractivity contribution < 1.29 is 9.53 Å². The lowest BCUT2D eigenvalue weighted by Crippen LogP contribution is -2.24. The molecule has 26 heavy (non-hydrogen) atoms. The summed E-state index contributed by atoms with van der Waals surface area (Å²) in [5, 5.41) is 7.17. The minimum absolute atomic E-state index is 0.108. The first-order chi connectivity index (χ1) is 12.6. The van der Waals surface area contributed by atoms with Crippen molar-refractivity contribution in [3.8, 4) is 5.75 Å². The summed E-state index contributed by atoms with van der Waals surface area (Å²) in [5.74, 6) is 0.362. The quantitative estimate of drug-likeness (QED) is 0.749. The Morgan fingerprint density at radius 3 is 2.42 bits per heavy atom. The number of hydrogen-bond acceptors (Lipinski definition) is 4. The molecule has 2 aromatic rings. The molecule has 2 N–H and O–H groups in total. The number of halogens is 2. The van der Waals surface area contributed by atoms with E-state index in [-0.39, 0.29) is 12.5 Å². The van der Waals surface area contributed by atoms with Crippen LogP contribution in [0.15, 0.2) is 36.4 Å². The van der Waals surface area contributed by atoms with Crippen molar-refractivity contribution in [3.63, 3.8) is 0 Å². The van der Waals surface area contributed by atoms with E-state index in [4.69, 9.17) is 27.9 Å². The molecule has 0 bridgehead atoms. The van der Waals surface area contributed by atoms with E-state index in [1.807, 2.05) is 18.2 Å². The molecular weight excluding hydrogens is 373 g/mol. The number of benzene rings is 2. The summed E-state index contributed by atoms with van der Waals surface area (Å²) in [6, 6.07) is 10.8. The van der Waals surface area contributed by atoms with Crippen LogP contribution in [0.25, 0.3) is 0 Å². The van der Waals surface area contributed by atoms with Gasteiger partial charge in [-0.2, -0.15) is 0 Å². The average molecular weight is 394 g/mol. The predicted octanol–water partition coefficient (Wildman–Crippen LogP) is 4.65. The van der Waals surface area contributed by atoms with Gasteiger partial charge in [-0.05, 0) is 49.2 Å². The van der Waals surface area contributed by atoms with Gasteiger partial charge < -0.3 is 20.3 Å². The summed E-state index contributed by atoms with van der Waals surface area (Å²) in [7, 11) is 1.55. The minimum atomic E-state index is -0.196. The lowest BCUT2D eigenvalue weighted by molar-refractivity contribution is -0.114. The van der Waals surface area contributed by atoms with Crippen molar-refractivity contribution in [1.82, 2.24) is 0 Å². The van der Waals surface area contributed by atoms with Gasteiger partial charge in [0.1, 0.15) is 5.75 Å². The fourth-order valence-corrected chi connectivity index (χ4v) is 3.38. The minimum Gasteiger partial charge on any atom is -0.495 e. The molecule has 2 aromatic carbocycles. The van der Waals surface area contributed by atoms with Gasteiger partial charge in [0.05, 0.1) is 30.7 Å². The third kappa shape index (κ3) is 4.54. The Bertz CT molecular complexity index is 792. The summed E-state index contributed by atoms with van der Waals surface area (Å²) in [6.45, 7) is 2.14. The zero-order valence-corrected chi connectivity index (χ0v) is 16.0. The predicted molar refractivity (Wildman–Crippen MR) is 108 cm³/mol. The van der Waals surface area contributed by atoms with Gasteiger partial charge in [-0.25, -0.2) is 0 Å². The van der Waals surface area contributed by atoms with Crippen LogP contribution >= 0.6 is 23.2 Å². The van der Waals surface area contributed by atoms with Crippen LogP contribution in [0.3, 0.4) is 0 Å². The van der Waals surface area contributed by atoms with Crippen LogP contribution in [0, 0.1) is 0 Å². The van der Waals surface area contributed by atoms with Gasteiger partial charge in [0.15, 0.2) is 0 Å². The molecule has 1 saturated heterocycles. The third-order valence-electron chi connectivity index (χ3n) is 4.28. The van der Waals surface area contributed by atoms with Gasteiger partial charge in [-0.1, -0.05) is 23.2 Å². The first kappa shape index (κ1) is 18.7. The van der Waals surface area contributed by atoms with Gasteiger partial charge in [0.2, 0.25) is 5.91 Å². The molecule has 3 rings (SSSR count). The maximum absolute atomic E-state index is 12.4. The Labute approximate surface area is 163 Å². The Morgan fingerprint density at radius 1 is 1.08 bits per heavy atom. The fourth-order valence-electron chi connectivity index (χ4n) is 3.03. The largest absolute Gasteiger partial charge is 0.495 e. The van der Waals surface area contributed by atoms with Crippen LogP contribution in [0.1, 0.15) is 12.8 Å². The second kappa shape index (κ2) is 8.52. The molecule has 0 radical (unpaired) electrons. The zero-order valence-electron chi connectivity index (χ0n) is 14.5. The van der Waals surface area contributed by atoms with Crippen LogP contribution in [0.4, 0.5) is 17.1 Å². The Balaban J connectivity index is 1.68. The van der Waals surface area contributed by atoms with Crippen LogP contribution < -0.4 is 20.3 Å². The maximum Gasteiger partial charge on any atom is 0.243 e. The van der Waals surface area contributed by atoms with E-state index >= 15 is 0 Å². The number of ether oxygens (including phenoxy) is 1. The van der Waals surface area contributed by atoms with Crippen molar-refractivity contribution in [2.75, 3.05) is 42.3 Å². The van der Waals surface area contributed by atoms with E-state index in [1.54, 1.807) is 25.3 Å². The second-order valence-electron chi connectivity index (χ2n) is 6.10. The van der Waals surface area contributed by atoms with E-state index < -0.39 is 0 Å². The normalized spacial score (nSPS) is 13.6. The summed E-state index contributed by atoms with van der Waals surface area (Å²) >= 11 is 12.1. The highest BCUT2D eigenvalue weighted by Crippen LogP contribution is 2.32. The number of carbonyl (C=O) groups is 1. The summed E-state index contributed by atoms with van der Waals surface area (Å²) in [5.41, 5.74) is 2.46. The highest BCUT2D eigenvalue weighted by molar-refractivity contribution is 6.31. The molecular formula is C19H21Cl2N3O2.